The first-order valence-electron chi connectivity index (χ1n) is 8.75. The molecule has 1 heterocycles. The molecule has 2 nitrogen and oxygen atoms in total. The van der Waals surface area contributed by atoms with Crippen LogP contribution in [0.5, 0.6) is 0 Å². The smallest absolute Gasteiger partial charge is 0.0594 e. The molecule has 0 bridgehead atoms. The van der Waals surface area contributed by atoms with Gasteiger partial charge < -0.3 is 10.1 Å². The fourth-order valence-corrected chi connectivity index (χ4v) is 3.95. The lowest BCUT2D eigenvalue weighted by atomic mass is 9.83. The van der Waals surface area contributed by atoms with E-state index in [-0.39, 0.29) is 0 Å². The van der Waals surface area contributed by atoms with E-state index >= 15 is 0 Å². The molecule has 0 aromatic heterocycles. The van der Waals surface area contributed by atoms with E-state index in [0.29, 0.717) is 12.1 Å². The Morgan fingerprint density at radius 1 is 1.05 bits per heavy atom. The Bertz CT molecular complexity index is 416. The van der Waals surface area contributed by atoms with Crippen molar-refractivity contribution in [3.63, 3.8) is 0 Å². The maximum atomic E-state index is 5.79. The number of rotatable bonds is 5. The highest BCUT2D eigenvalue weighted by atomic mass is 16.5. The molecule has 2 heteroatoms. The lowest BCUT2D eigenvalue weighted by Gasteiger charge is -2.24. The van der Waals surface area contributed by atoms with Gasteiger partial charge in [-0.05, 0) is 56.2 Å². The fraction of sp³-hybridized carbons (Fsp3) is 0.684. The molecule has 21 heavy (non-hydrogen) atoms. The van der Waals surface area contributed by atoms with Gasteiger partial charge in [-0.15, -0.1) is 0 Å². The Hall–Kier alpha value is -0.860. The Morgan fingerprint density at radius 3 is 2.43 bits per heavy atom. The zero-order valence-corrected chi connectivity index (χ0v) is 13.3. The normalized spacial score (nSPS) is 25.1. The minimum Gasteiger partial charge on any atom is -0.378 e. The summed E-state index contributed by atoms with van der Waals surface area (Å²) in [5, 5.41) is 3.46. The molecule has 2 atom stereocenters. The molecule has 2 fully saturated rings. The van der Waals surface area contributed by atoms with Crippen LogP contribution in [0.2, 0.25) is 0 Å². The SMILES string of the molecule is CNC(CC1CCCO1)c1ccc(C2CCCCC2)cc1. The predicted molar refractivity (Wildman–Crippen MR) is 87.7 cm³/mol. The van der Waals surface area contributed by atoms with Crippen molar-refractivity contribution in [2.24, 2.45) is 0 Å². The maximum Gasteiger partial charge on any atom is 0.0594 e. The number of nitrogens with one attached hydrogen (secondary N) is 1. The summed E-state index contributed by atoms with van der Waals surface area (Å²) >= 11 is 0. The zero-order valence-electron chi connectivity index (χ0n) is 13.3. The summed E-state index contributed by atoms with van der Waals surface area (Å²) in [5.41, 5.74) is 2.96. The van der Waals surface area contributed by atoms with Crippen molar-refractivity contribution in [2.75, 3.05) is 13.7 Å². The van der Waals surface area contributed by atoms with E-state index in [2.05, 4.69) is 36.6 Å². The monoisotopic (exact) mass is 287 g/mol. The van der Waals surface area contributed by atoms with Crippen molar-refractivity contribution in [1.82, 2.24) is 5.32 Å². The van der Waals surface area contributed by atoms with Gasteiger partial charge in [0.25, 0.3) is 0 Å². The summed E-state index contributed by atoms with van der Waals surface area (Å²) in [4.78, 5) is 0. The maximum absolute atomic E-state index is 5.79. The van der Waals surface area contributed by atoms with Crippen molar-refractivity contribution in [3.8, 4) is 0 Å². The third-order valence-corrected chi connectivity index (χ3v) is 5.29. The lowest BCUT2D eigenvalue weighted by Crippen LogP contribution is -2.22. The second kappa shape index (κ2) is 7.42. The van der Waals surface area contributed by atoms with Crippen LogP contribution in [0.25, 0.3) is 0 Å². The van der Waals surface area contributed by atoms with Gasteiger partial charge in [-0.2, -0.15) is 0 Å². The summed E-state index contributed by atoms with van der Waals surface area (Å²) in [5.74, 6) is 0.805. The van der Waals surface area contributed by atoms with Gasteiger partial charge in [0.2, 0.25) is 0 Å². The molecule has 1 aromatic carbocycles. The first-order valence-corrected chi connectivity index (χ1v) is 8.75. The van der Waals surface area contributed by atoms with E-state index in [9.17, 15) is 0 Å². The molecule has 0 radical (unpaired) electrons. The molecular formula is C19H29NO. The highest BCUT2D eigenvalue weighted by Crippen LogP contribution is 2.33. The van der Waals surface area contributed by atoms with Crippen LogP contribution in [0.1, 0.15) is 74.5 Å². The summed E-state index contributed by atoms with van der Waals surface area (Å²) in [6.45, 7) is 0.946. The summed E-state index contributed by atoms with van der Waals surface area (Å²) < 4.78 is 5.79. The van der Waals surface area contributed by atoms with Gasteiger partial charge in [0.05, 0.1) is 6.10 Å². The molecule has 1 saturated carbocycles. The molecule has 2 aliphatic rings. The molecule has 3 rings (SSSR count). The average molecular weight is 287 g/mol. The minimum atomic E-state index is 0.425. The van der Waals surface area contributed by atoms with Gasteiger partial charge >= 0.3 is 0 Å². The molecule has 1 aliphatic carbocycles. The highest BCUT2D eigenvalue weighted by molar-refractivity contribution is 5.28. The van der Waals surface area contributed by atoms with Crippen LogP contribution in [-0.4, -0.2) is 19.8 Å². The predicted octanol–water partition coefficient (Wildman–Crippen LogP) is 4.56. The standard InChI is InChI=1S/C19H29NO/c1-20-19(14-18-8-5-13-21-18)17-11-9-16(10-12-17)15-6-3-2-4-7-15/h9-12,15,18-20H,2-8,13-14H2,1H3. The first-order chi connectivity index (χ1) is 10.4. The van der Waals surface area contributed by atoms with E-state index in [0.717, 1.165) is 18.9 Å². The third kappa shape index (κ3) is 3.87. The van der Waals surface area contributed by atoms with Gasteiger partial charge in [0.15, 0.2) is 0 Å². The minimum absolute atomic E-state index is 0.425. The Morgan fingerprint density at radius 2 is 1.81 bits per heavy atom. The molecule has 1 aromatic rings. The second-order valence-corrected chi connectivity index (χ2v) is 6.71. The zero-order chi connectivity index (χ0) is 14.5. The molecule has 1 aliphatic heterocycles. The Balaban J connectivity index is 1.63. The first kappa shape index (κ1) is 15.1. The van der Waals surface area contributed by atoms with Crippen LogP contribution in [-0.2, 0) is 4.74 Å². The molecule has 1 N–H and O–H groups in total. The van der Waals surface area contributed by atoms with Crippen molar-refractivity contribution < 1.29 is 4.74 Å². The van der Waals surface area contributed by atoms with Crippen molar-refractivity contribution in [2.45, 2.75) is 69.4 Å². The van der Waals surface area contributed by atoms with Gasteiger partial charge in [0.1, 0.15) is 0 Å². The van der Waals surface area contributed by atoms with E-state index < -0.39 is 0 Å². The Labute approximate surface area is 129 Å². The van der Waals surface area contributed by atoms with Crippen LogP contribution in [0, 0.1) is 0 Å². The quantitative estimate of drug-likeness (QED) is 0.857. The second-order valence-electron chi connectivity index (χ2n) is 6.71. The van der Waals surface area contributed by atoms with Gasteiger partial charge in [-0.3, -0.25) is 0 Å². The molecule has 0 spiro atoms. The van der Waals surface area contributed by atoms with Crippen LogP contribution in [0.3, 0.4) is 0 Å². The van der Waals surface area contributed by atoms with E-state index in [1.54, 1.807) is 5.56 Å². The van der Waals surface area contributed by atoms with Crippen LogP contribution in [0.15, 0.2) is 24.3 Å². The highest BCUT2D eigenvalue weighted by Gasteiger charge is 2.21. The fourth-order valence-electron chi connectivity index (χ4n) is 3.95. The van der Waals surface area contributed by atoms with Crippen LogP contribution >= 0.6 is 0 Å². The number of hydrogen-bond acceptors (Lipinski definition) is 2. The topological polar surface area (TPSA) is 21.3 Å². The number of benzene rings is 1. The summed E-state index contributed by atoms with van der Waals surface area (Å²) in [6.07, 6.45) is 11.0. The summed E-state index contributed by atoms with van der Waals surface area (Å²) in [6, 6.07) is 9.82. The molecule has 0 amide bonds. The van der Waals surface area contributed by atoms with E-state index in [4.69, 9.17) is 4.74 Å². The molecular weight excluding hydrogens is 258 g/mol. The van der Waals surface area contributed by atoms with Gasteiger partial charge in [-0.25, -0.2) is 0 Å². The van der Waals surface area contributed by atoms with Crippen LogP contribution in [0.4, 0.5) is 0 Å². The van der Waals surface area contributed by atoms with Crippen molar-refractivity contribution in [1.29, 1.82) is 0 Å². The molecule has 1 saturated heterocycles. The number of ether oxygens (including phenoxy) is 1. The Kier molecular flexibility index (Phi) is 5.32. The third-order valence-electron chi connectivity index (χ3n) is 5.29. The largest absolute Gasteiger partial charge is 0.378 e. The van der Waals surface area contributed by atoms with E-state index in [1.807, 2.05) is 0 Å². The lowest BCUT2D eigenvalue weighted by molar-refractivity contribution is 0.0954. The molecule has 116 valence electrons. The van der Waals surface area contributed by atoms with Crippen LogP contribution < -0.4 is 5.32 Å². The van der Waals surface area contributed by atoms with Gasteiger partial charge in [0, 0.05) is 12.6 Å². The molecule has 2 unspecified atom stereocenters. The van der Waals surface area contributed by atoms with Gasteiger partial charge in [-0.1, -0.05) is 43.5 Å². The van der Waals surface area contributed by atoms with Crippen molar-refractivity contribution in [3.05, 3.63) is 35.4 Å². The average Bonchev–Trinajstić information content (AvgIpc) is 3.07. The number of hydrogen-bond donors (Lipinski definition) is 1. The van der Waals surface area contributed by atoms with E-state index in [1.165, 1.54) is 50.5 Å². The van der Waals surface area contributed by atoms with Crippen molar-refractivity contribution >= 4 is 0 Å². The summed E-state index contributed by atoms with van der Waals surface area (Å²) in [7, 11) is 2.06.